The lowest BCUT2D eigenvalue weighted by Crippen LogP contribution is -2.35. The van der Waals surface area contributed by atoms with Crippen LogP contribution in [-0.4, -0.2) is 30.3 Å². The summed E-state index contributed by atoms with van der Waals surface area (Å²) in [6, 6.07) is 5.28. The molecular weight excluding hydrogens is 258 g/mol. The van der Waals surface area contributed by atoms with E-state index in [-0.39, 0.29) is 11.9 Å². The number of amidine groups is 1. The van der Waals surface area contributed by atoms with Gasteiger partial charge in [-0.2, -0.15) is 0 Å². The zero-order valence-electron chi connectivity index (χ0n) is 12.2. The van der Waals surface area contributed by atoms with Gasteiger partial charge in [-0.1, -0.05) is 12.1 Å². The molecule has 0 aromatic heterocycles. The van der Waals surface area contributed by atoms with E-state index in [4.69, 9.17) is 20.4 Å². The number of nitrogens with zero attached hydrogens (tertiary/aromatic N) is 1. The highest BCUT2D eigenvalue weighted by molar-refractivity contribution is 5.88. The van der Waals surface area contributed by atoms with Crippen LogP contribution in [0.1, 0.15) is 27.2 Å². The Bertz CT molecular complexity index is 449. The van der Waals surface area contributed by atoms with Crippen molar-refractivity contribution in [1.29, 1.82) is 0 Å². The lowest BCUT2D eigenvalue weighted by molar-refractivity contribution is 0.316. The highest BCUT2D eigenvalue weighted by Gasteiger charge is 2.14. The van der Waals surface area contributed by atoms with Crippen LogP contribution < -0.4 is 20.5 Å². The molecule has 0 radical (unpaired) electrons. The second-order valence-electron chi connectivity index (χ2n) is 4.15. The Kier molecular flexibility index (Phi) is 6.49. The summed E-state index contributed by atoms with van der Waals surface area (Å²) in [6.07, 6.45) is 0.681. The van der Waals surface area contributed by atoms with Crippen molar-refractivity contribution < 1.29 is 14.7 Å². The average Bonchev–Trinajstić information content (AvgIpc) is 2.46. The van der Waals surface area contributed by atoms with Crippen LogP contribution in [0, 0.1) is 0 Å². The van der Waals surface area contributed by atoms with Crippen molar-refractivity contribution in [2.24, 2.45) is 10.9 Å². The van der Waals surface area contributed by atoms with Gasteiger partial charge in [0.05, 0.1) is 24.9 Å². The van der Waals surface area contributed by atoms with E-state index < -0.39 is 0 Å². The van der Waals surface area contributed by atoms with Gasteiger partial charge in [-0.3, -0.25) is 0 Å². The third-order valence-electron chi connectivity index (χ3n) is 2.77. The third-order valence-corrected chi connectivity index (χ3v) is 2.77. The van der Waals surface area contributed by atoms with Crippen LogP contribution >= 0.6 is 0 Å². The maximum absolute atomic E-state index is 8.79. The standard InChI is InChI=1S/C14H23N3O3/c1-4-11(14(15)17-18)16-12-9-10(19-5-2)7-8-13(12)20-6-3/h7-9,11,16,18H,4-6H2,1-3H3,(H2,15,17). The minimum absolute atomic E-state index is 0.136. The second kappa shape index (κ2) is 8.14. The van der Waals surface area contributed by atoms with Gasteiger partial charge >= 0.3 is 0 Å². The molecule has 20 heavy (non-hydrogen) atoms. The van der Waals surface area contributed by atoms with Crippen LogP contribution in [0.3, 0.4) is 0 Å². The largest absolute Gasteiger partial charge is 0.494 e. The van der Waals surface area contributed by atoms with E-state index in [1.54, 1.807) is 0 Å². The van der Waals surface area contributed by atoms with Crippen molar-refractivity contribution in [1.82, 2.24) is 0 Å². The molecule has 6 nitrogen and oxygen atoms in total. The Labute approximate surface area is 119 Å². The number of nitrogens with two attached hydrogens (primary N) is 1. The second-order valence-corrected chi connectivity index (χ2v) is 4.15. The van der Waals surface area contributed by atoms with Gasteiger partial charge in [0, 0.05) is 6.07 Å². The van der Waals surface area contributed by atoms with Gasteiger partial charge in [-0.15, -0.1) is 0 Å². The van der Waals surface area contributed by atoms with Gasteiger partial charge in [-0.25, -0.2) is 0 Å². The van der Waals surface area contributed by atoms with Crippen molar-refractivity contribution in [3.63, 3.8) is 0 Å². The van der Waals surface area contributed by atoms with Crippen LogP contribution in [0.25, 0.3) is 0 Å². The third kappa shape index (κ3) is 4.22. The zero-order chi connectivity index (χ0) is 15.0. The van der Waals surface area contributed by atoms with Crippen LogP contribution in [0.4, 0.5) is 5.69 Å². The molecule has 0 saturated carbocycles. The van der Waals surface area contributed by atoms with E-state index in [1.807, 2.05) is 39.0 Å². The Balaban J connectivity index is 3.01. The summed E-state index contributed by atoms with van der Waals surface area (Å²) < 4.78 is 11.0. The molecule has 1 unspecified atom stereocenters. The summed E-state index contributed by atoms with van der Waals surface area (Å²) >= 11 is 0. The highest BCUT2D eigenvalue weighted by atomic mass is 16.5. The number of nitrogens with one attached hydrogen (secondary N) is 1. The number of rotatable bonds is 8. The van der Waals surface area contributed by atoms with Crippen molar-refractivity contribution in [3.8, 4) is 11.5 Å². The molecule has 0 saturated heterocycles. The molecule has 1 atom stereocenters. The quantitative estimate of drug-likeness (QED) is 0.295. The molecule has 1 aromatic rings. The summed E-state index contributed by atoms with van der Waals surface area (Å²) in [5.74, 6) is 1.59. The van der Waals surface area contributed by atoms with Gasteiger partial charge in [-0.05, 0) is 32.4 Å². The molecule has 0 amide bonds. The van der Waals surface area contributed by atoms with Crippen molar-refractivity contribution in [2.45, 2.75) is 33.2 Å². The molecule has 0 fully saturated rings. The minimum atomic E-state index is -0.268. The van der Waals surface area contributed by atoms with Crippen LogP contribution in [-0.2, 0) is 0 Å². The Morgan fingerprint density at radius 3 is 2.55 bits per heavy atom. The van der Waals surface area contributed by atoms with E-state index in [0.717, 1.165) is 11.4 Å². The molecule has 0 aliphatic carbocycles. The van der Waals surface area contributed by atoms with Gasteiger partial charge in [0.1, 0.15) is 11.5 Å². The first-order valence-electron chi connectivity index (χ1n) is 6.79. The monoisotopic (exact) mass is 281 g/mol. The number of hydrogen-bond donors (Lipinski definition) is 3. The first-order chi connectivity index (χ1) is 9.65. The normalized spacial score (nSPS) is 12.8. The minimum Gasteiger partial charge on any atom is -0.494 e. The van der Waals surface area contributed by atoms with Crippen molar-refractivity contribution in [3.05, 3.63) is 18.2 Å². The lowest BCUT2D eigenvalue weighted by atomic mass is 10.2. The summed E-state index contributed by atoms with van der Waals surface area (Å²) in [5, 5.41) is 15.1. The van der Waals surface area contributed by atoms with E-state index in [0.29, 0.717) is 25.4 Å². The van der Waals surface area contributed by atoms with Gasteiger partial charge < -0.3 is 25.7 Å². The van der Waals surface area contributed by atoms with Gasteiger partial charge in [0.2, 0.25) is 0 Å². The number of oxime groups is 1. The van der Waals surface area contributed by atoms with Crippen LogP contribution in [0.2, 0.25) is 0 Å². The van der Waals surface area contributed by atoms with Gasteiger partial charge in [0.15, 0.2) is 5.84 Å². The fraction of sp³-hybridized carbons (Fsp3) is 0.500. The molecule has 6 heteroatoms. The SMILES string of the molecule is CCOc1ccc(OCC)c(NC(CC)C(N)=NO)c1. The predicted molar refractivity (Wildman–Crippen MR) is 79.9 cm³/mol. The fourth-order valence-corrected chi connectivity index (χ4v) is 1.80. The smallest absolute Gasteiger partial charge is 0.161 e. The molecule has 112 valence electrons. The molecule has 0 spiro atoms. The topological polar surface area (TPSA) is 89.1 Å². The molecule has 1 rings (SSSR count). The van der Waals surface area contributed by atoms with E-state index >= 15 is 0 Å². The van der Waals surface area contributed by atoms with Crippen LogP contribution in [0.15, 0.2) is 23.4 Å². The Hall–Kier alpha value is -2.11. The number of ether oxygens (including phenoxy) is 2. The average molecular weight is 281 g/mol. The fourth-order valence-electron chi connectivity index (χ4n) is 1.80. The summed E-state index contributed by atoms with van der Waals surface area (Å²) in [7, 11) is 0. The molecule has 0 bridgehead atoms. The molecule has 0 heterocycles. The zero-order valence-corrected chi connectivity index (χ0v) is 12.2. The molecule has 4 N–H and O–H groups in total. The molecule has 0 aliphatic heterocycles. The molecular formula is C14H23N3O3. The first-order valence-corrected chi connectivity index (χ1v) is 6.79. The highest BCUT2D eigenvalue weighted by Crippen LogP contribution is 2.30. The van der Waals surface area contributed by atoms with E-state index in [1.165, 1.54) is 0 Å². The predicted octanol–water partition coefficient (Wildman–Crippen LogP) is 2.42. The maximum atomic E-state index is 8.79. The van der Waals surface area contributed by atoms with Crippen LogP contribution in [0.5, 0.6) is 11.5 Å². The lowest BCUT2D eigenvalue weighted by Gasteiger charge is -2.20. The molecule has 1 aromatic carbocycles. The van der Waals surface area contributed by atoms with Crippen molar-refractivity contribution in [2.75, 3.05) is 18.5 Å². The summed E-state index contributed by atoms with van der Waals surface area (Å²) in [4.78, 5) is 0. The summed E-state index contributed by atoms with van der Waals surface area (Å²) in [6.45, 7) is 6.94. The summed E-state index contributed by atoms with van der Waals surface area (Å²) in [5.41, 5.74) is 6.42. The number of hydrogen-bond acceptors (Lipinski definition) is 5. The van der Waals surface area contributed by atoms with E-state index in [9.17, 15) is 0 Å². The van der Waals surface area contributed by atoms with Crippen molar-refractivity contribution >= 4 is 11.5 Å². The molecule has 0 aliphatic rings. The maximum Gasteiger partial charge on any atom is 0.161 e. The number of benzene rings is 1. The Morgan fingerprint density at radius 2 is 2.00 bits per heavy atom. The van der Waals surface area contributed by atoms with E-state index in [2.05, 4.69) is 10.5 Å². The first kappa shape index (κ1) is 15.9. The Morgan fingerprint density at radius 1 is 1.30 bits per heavy atom. The number of anilines is 1. The van der Waals surface area contributed by atoms with Gasteiger partial charge in [0.25, 0.3) is 0 Å².